The molecular weight excluding hydrogens is 364 g/mol. The largest absolute Gasteiger partial charge is 0.386 e. The molecule has 0 aliphatic rings. The van der Waals surface area contributed by atoms with Crippen LogP contribution in [0.5, 0.6) is 0 Å². The molecular formula is C16H23ClN4OS2. The third kappa shape index (κ3) is 6.05. The van der Waals surface area contributed by atoms with E-state index in [4.69, 9.17) is 11.6 Å². The Morgan fingerprint density at radius 3 is 2.79 bits per heavy atom. The molecule has 5 nitrogen and oxygen atoms in total. The topological polar surface area (TPSA) is 69.5 Å². The number of aliphatic hydroxyl groups excluding tert-OH is 1. The molecule has 0 aliphatic heterocycles. The quantitative estimate of drug-likeness (QED) is 0.481. The molecule has 3 N–H and O–H groups in total. The van der Waals surface area contributed by atoms with Gasteiger partial charge < -0.3 is 15.7 Å². The number of thiophene rings is 1. The van der Waals surface area contributed by atoms with Gasteiger partial charge in [0, 0.05) is 35.5 Å². The van der Waals surface area contributed by atoms with Crippen LogP contribution in [0, 0.1) is 0 Å². The van der Waals surface area contributed by atoms with E-state index in [1.165, 1.54) is 16.2 Å². The second-order valence-electron chi connectivity index (χ2n) is 5.13. The summed E-state index contributed by atoms with van der Waals surface area (Å²) in [6.07, 6.45) is 3.20. The molecule has 1 atom stereocenters. The highest BCUT2D eigenvalue weighted by Crippen LogP contribution is 2.26. The van der Waals surface area contributed by atoms with Crippen LogP contribution in [0.4, 0.5) is 0 Å². The van der Waals surface area contributed by atoms with Crippen molar-refractivity contribution in [3.63, 3.8) is 0 Å². The molecule has 1 unspecified atom stereocenters. The SMILES string of the molecule is CCNC(=NCC(O)c1ccc(Cl)s1)NCCc1ncc(CC)s1. The predicted octanol–water partition coefficient (Wildman–Crippen LogP) is 3.25. The molecule has 0 spiro atoms. The van der Waals surface area contributed by atoms with Crippen LogP contribution in [0.15, 0.2) is 23.3 Å². The van der Waals surface area contributed by atoms with Gasteiger partial charge in [0.15, 0.2) is 5.96 Å². The van der Waals surface area contributed by atoms with Crippen molar-refractivity contribution in [1.29, 1.82) is 0 Å². The monoisotopic (exact) mass is 386 g/mol. The molecule has 0 fully saturated rings. The Kier molecular flexibility index (Phi) is 7.98. The number of aliphatic hydroxyl groups is 1. The average molecular weight is 387 g/mol. The number of guanidine groups is 1. The Bertz CT molecular complexity index is 656. The molecule has 0 amide bonds. The van der Waals surface area contributed by atoms with Crippen molar-refractivity contribution in [3.8, 4) is 0 Å². The minimum atomic E-state index is -0.635. The number of thiazole rings is 1. The van der Waals surface area contributed by atoms with E-state index in [-0.39, 0.29) is 0 Å². The number of nitrogens with zero attached hydrogens (tertiary/aromatic N) is 2. The van der Waals surface area contributed by atoms with Crippen LogP contribution < -0.4 is 10.6 Å². The second-order valence-corrected chi connectivity index (χ2v) is 8.07. The molecule has 0 bridgehead atoms. The van der Waals surface area contributed by atoms with Crippen LogP contribution in [0.3, 0.4) is 0 Å². The lowest BCUT2D eigenvalue weighted by atomic mass is 10.3. The Labute approximate surface area is 155 Å². The molecule has 24 heavy (non-hydrogen) atoms. The maximum atomic E-state index is 10.2. The summed E-state index contributed by atoms with van der Waals surface area (Å²) >= 11 is 9.03. The minimum Gasteiger partial charge on any atom is -0.386 e. The average Bonchev–Trinajstić information content (AvgIpc) is 3.21. The van der Waals surface area contributed by atoms with Gasteiger partial charge in [-0.3, -0.25) is 4.99 Å². The van der Waals surface area contributed by atoms with E-state index >= 15 is 0 Å². The zero-order chi connectivity index (χ0) is 17.4. The molecule has 0 aromatic carbocycles. The Hall–Kier alpha value is -1.15. The lowest BCUT2D eigenvalue weighted by Gasteiger charge is -2.12. The molecule has 0 saturated heterocycles. The van der Waals surface area contributed by atoms with Gasteiger partial charge in [0.1, 0.15) is 6.10 Å². The van der Waals surface area contributed by atoms with E-state index in [1.807, 2.05) is 19.2 Å². The highest BCUT2D eigenvalue weighted by atomic mass is 35.5. The molecule has 2 aromatic rings. The van der Waals surface area contributed by atoms with Gasteiger partial charge in [0.05, 0.1) is 15.9 Å². The van der Waals surface area contributed by atoms with Crippen LogP contribution in [0.2, 0.25) is 4.34 Å². The first kappa shape index (κ1) is 19.2. The summed E-state index contributed by atoms with van der Waals surface area (Å²) in [5.41, 5.74) is 0. The molecule has 2 heterocycles. The molecule has 8 heteroatoms. The lowest BCUT2D eigenvalue weighted by molar-refractivity contribution is 0.191. The number of aromatic nitrogens is 1. The lowest BCUT2D eigenvalue weighted by Crippen LogP contribution is -2.38. The Morgan fingerprint density at radius 1 is 1.33 bits per heavy atom. The van der Waals surface area contributed by atoms with Crippen molar-refractivity contribution in [1.82, 2.24) is 15.6 Å². The number of halogens is 1. The van der Waals surface area contributed by atoms with E-state index in [9.17, 15) is 5.11 Å². The second kappa shape index (κ2) is 9.98. The zero-order valence-corrected chi connectivity index (χ0v) is 16.3. The number of aryl methyl sites for hydroxylation is 1. The number of nitrogens with one attached hydrogen (secondary N) is 2. The summed E-state index contributed by atoms with van der Waals surface area (Å²) in [6.45, 7) is 5.97. The predicted molar refractivity (Wildman–Crippen MR) is 103 cm³/mol. The fourth-order valence-corrected chi connectivity index (χ4v) is 3.93. The van der Waals surface area contributed by atoms with Crippen LogP contribution >= 0.6 is 34.3 Å². The molecule has 2 aromatic heterocycles. The summed E-state index contributed by atoms with van der Waals surface area (Å²) in [5.74, 6) is 0.700. The Balaban J connectivity index is 1.83. The standard InChI is InChI=1S/C16H23ClN4OS2/c1-3-11-9-20-15(23-11)7-8-19-16(18-4-2)21-10-12(22)13-5-6-14(17)24-13/h5-6,9,12,22H,3-4,7-8,10H2,1-2H3,(H2,18,19,21). The zero-order valence-electron chi connectivity index (χ0n) is 13.9. The fraction of sp³-hybridized carbons (Fsp3) is 0.500. The molecule has 132 valence electrons. The third-order valence-corrected chi connectivity index (χ3v) is 5.80. The van der Waals surface area contributed by atoms with Crippen molar-refractivity contribution in [2.45, 2.75) is 32.8 Å². The van der Waals surface area contributed by atoms with Crippen molar-refractivity contribution >= 4 is 40.2 Å². The highest BCUT2D eigenvalue weighted by molar-refractivity contribution is 7.16. The number of aliphatic imine (C=N–C) groups is 1. The van der Waals surface area contributed by atoms with E-state index in [0.717, 1.165) is 35.8 Å². The van der Waals surface area contributed by atoms with Crippen molar-refractivity contribution in [2.24, 2.45) is 4.99 Å². The van der Waals surface area contributed by atoms with Gasteiger partial charge in [-0.15, -0.1) is 22.7 Å². The summed E-state index contributed by atoms with van der Waals surface area (Å²) in [7, 11) is 0. The normalized spacial score (nSPS) is 13.1. The number of hydrogen-bond acceptors (Lipinski definition) is 5. The van der Waals surface area contributed by atoms with Gasteiger partial charge in [0.2, 0.25) is 0 Å². The summed E-state index contributed by atoms with van der Waals surface area (Å²) in [4.78, 5) is 11.0. The maximum Gasteiger partial charge on any atom is 0.191 e. The first-order valence-corrected chi connectivity index (χ1v) is 10.0. The van der Waals surface area contributed by atoms with Crippen LogP contribution in [-0.4, -0.2) is 35.7 Å². The maximum absolute atomic E-state index is 10.2. The van der Waals surface area contributed by atoms with Crippen molar-refractivity contribution < 1.29 is 5.11 Å². The minimum absolute atomic E-state index is 0.295. The molecule has 0 radical (unpaired) electrons. The van der Waals surface area contributed by atoms with E-state index in [0.29, 0.717) is 16.8 Å². The molecule has 2 rings (SSSR count). The van der Waals surface area contributed by atoms with Gasteiger partial charge in [-0.05, 0) is 25.5 Å². The van der Waals surface area contributed by atoms with Gasteiger partial charge >= 0.3 is 0 Å². The summed E-state index contributed by atoms with van der Waals surface area (Å²) < 4.78 is 0.674. The summed E-state index contributed by atoms with van der Waals surface area (Å²) in [5, 5.41) is 17.8. The smallest absolute Gasteiger partial charge is 0.191 e. The van der Waals surface area contributed by atoms with Crippen LogP contribution in [-0.2, 0) is 12.8 Å². The van der Waals surface area contributed by atoms with Crippen molar-refractivity contribution in [3.05, 3.63) is 37.4 Å². The number of rotatable bonds is 8. The first-order valence-electron chi connectivity index (χ1n) is 8.01. The van der Waals surface area contributed by atoms with Gasteiger partial charge in [0.25, 0.3) is 0 Å². The first-order chi connectivity index (χ1) is 11.6. The number of hydrogen-bond donors (Lipinski definition) is 3. The van der Waals surface area contributed by atoms with Crippen LogP contribution in [0.25, 0.3) is 0 Å². The fourth-order valence-electron chi connectivity index (χ4n) is 2.03. The molecule has 0 saturated carbocycles. The third-order valence-electron chi connectivity index (χ3n) is 3.27. The van der Waals surface area contributed by atoms with Gasteiger partial charge in [-0.2, -0.15) is 0 Å². The van der Waals surface area contributed by atoms with E-state index in [1.54, 1.807) is 17.4 Å². The van der Waals surface area contributed by atoms with Gasteiger partial charge in [-0.1, -0.05) is 18.5 Å². The highest BCUT2D eigenvalue weighted by Gasteiger charge is 2.10. The Morgan fingerprint density at radius 2 is 2.17 bits per heavy atom. The van der Waals surface area contributed by atoms with E-state index < -0.39 is 6.10 Å². The molecule has 0 aliphatic carbocycles. The van der Waals surface area contributed by atoms with Crippen LogP contribution in [0.1, 0.15) is 34.7 Å². The van der Waals surface area contributed by atoms with Crippen molar-refractivity contribution in [2.75, 3.05) is 19.6 Å². The van der Waals surface area contributed by atoms with E-state index in [2.05, 4.69) is 27.5 Å². The summed E-state index contributed by atoms with van der Waals surface area (Å²) in [6, 6.07) is 3.62. The van der Waals surface area contributed by atoms with Gasteiger partial charge in [-0.25, -0.2) is 4.98 Å².